The molecule has 0 radical (unpaired) electrons. The molecule has 2 aromatic rings. The van der Waals surface area contributed by atoms with Gasteiger partial charge < -0.3 is 15.0 Å². The van der Waals surface area contributed by atoms with Crippen LogP contribution in [0.3, 0.4) is 0 Å². The van der Waals surface area contributed by atoms with Crippen molar-refractivity contribution in [2.24, 2.45) is 5.73 Å². The average molecular weight is 275 g/mol. The summed E-state index contributed by atoms with van der Waals surface area (Å²) in [7, 11) is 0. The first-order chi connectivity index (χ1) is 9.58. The third-order valence-electron chi connectivity index (χ3n) is 3.20. The number of nitrogens with two attached hydrogens (primary N) is 1. The molecule has 1 aromatic heterocycles. The van der Waals surface area contributed by atoms with Crippen LogP contribution in [0.15, 0.2) is 34.9 Å². The maximum Gasteiger partial charge on any atom is 0.233 e. The van der Waals surface area contributed by atoms with Crippen molar-refractivity contribution in [3.63, 3.8) is 0 Å². The molecule has 1 heterocycles. The molecule has 0 spiro atoms. The maximum atomic E-state index is 5.76. The highest BCUT2D eigenvalue weighted by Gasteiger charge is 2.28. The molecule has 0 bridgehead atoms. The van der Waals surface area contributed by atoms with Gasteiger partial charge in [0.1, 0.15) is 6.10 Å². The van der Waals surface area contributed by atoms with Gasteiger partial charge in [-0.2, -0.15) is 4.98 Å². The van der Waals surface area contributed by atoms with E-state index in [0.29, 0.717) is 24.9 Å². The van der Waals surface area contributed by atoms with Crippen LogP contribution in [0.5, 0.6) is 0 Å². The van der Waals surface area contributed by atoms with E-state index in [4.69, 9.17) is 15.0 Å². The Morgan fingerprint density at radius 1 is 1.30 bits per heavy atom. The second-order valence-electron chi connectivity index (χ2n) is 5.29. The van der Waals surface area contributed by atoms with Crippen LogP contribution in [-0.4, -0.2) is 23.3 Å². The van der Waals surface area contributed by atoms with E-state index >= 15 is 0 Å². The van der Waals surface area contributed by atoms with Gasteiger partial charge in [0.25, 0.3) is 0 Å². The molecular formula is C15H21N3O2. The Morgan fingerprint density at radius 2 is 2.00 bits per heavy atom. The topological polar surface area (TPSA) is 74.2 Å². The zero-order valence-electron chi connectivity index (χ0n) is 12.2. The molecule has 0 aliphatic heterocycles. The van der Waals surface area contributed by atoms with Crippen molar-refractivity contribution in [2.75, 3.05) is 13.2 Å². The number of nitrogens with zero attached hydrogens (tertiary/aromatic N) is 2. The van der Waals surface area contributed by atoms with Crippen molar-refractivity contribution < 1.29 is 9.26 Å². The standard InChI is InChI=1S/C15H21N3O2/c1-4-19-12(11-8-6-5-7-9-11)13-17-14(20-18-13)15(2,3)10-16/h5-9,12H,4,10,16H2,1-3H3. The molecule has 5 nitrogen and oxygen atoms in total. The van der Waals surface area contributed by atoms with Crippen LogP contribution in [0.1, 0.15) is 44.2 Å². The van der Waals surface area contributed by atoms with E-state index in [2.05, 4.69) is 10.1 Å². The Labute approximate surface area is 119 Å². The van der Waals surface area contributed by atoms with Crippen molar-refractivity contribution in [1.82, 2.24) is 10.1 Å². The molecule has 1 aromatic carbocycles. The Kier molecular flexibility index (Phi) is 4.52. The molecule has 1 atom stereocenters. The predicted molar refractivity (Wildman–Crippen MR) is 76.3 cm³/mol. The lowest BCUT2D eigenvalue weighted by Crippen LogP contribution is -2.28. The number of aromatic nitrogens is 2. The second kappa shape index (κ2) is 6.15. The van der Waals surface area contributed by atoms with Gasteiger partial charge in [0, 0.05) is 13.2 Å². The summed E-state index contributed by atoms with van der Waals surface area (Å²) >= 11 is 0. The van der Waals surface area contributed by atoms with E-state index < -0.39 is 0 Å². The van der Waals surface area contributed by atoms with Crippen LogP contribution in [0.25, 0.3) is 0 Å². The van der Waals surface area contributed by atoms with Crippen molar-refractivity contribution in [3.8, 4) is 0 Å². The Bertz CT molecular complexity index is 537. The van der Waals surface area contributed by atoms with Gasteiger partial charge in [-0.15, -0.1) is 0 Å². The monoisotopic (exact) mass is 275 g/mol. The smallest absolute Gasteiger partial charge is 0.233 e. The van der Waals surface area contributed by atoms with Gasteiger partial charge in [-0.1, -0.05) is 35.5 Å². The van der Waals surface area contributed by atoms with Crippen LogP contribution < -0.4 is 5.73 Å². The van der Waals surface area contributed by atoms with Crippen molar-refractivity contribution in [3.05, 3.63) is 47.6 Å². The molecule has 0 aliphatic carbocycles. The van der Waals surface area contributed by atoms with Crippen molar-refractivity contribution in [2.45, 2.75) is 32.3 Å². The average Bonchev–Trinajstić information content (AvgIpc) is 2.96. The summed E-state index contributed by atoms with van der Waals surface area (Å²) in [4.78, 5) is 4.47. The molecule has 0 amide bonds. The number of benzene rings is 1. The fraction of sp³-hybridized carbons (Fsp3) is 0.467. The second-order valence-corrected chi connectivity index (χ2v) is 5.29. The minimum atomic E-state index is -0.335. The number of hydrogen-bond donors (Lipinski definition) is 1. The fourth-order valence-electron chi connectivity index (χ4n) is 1.82. The molecule has 1 unspecified atom stereocenters. The first-order valence-electron chi connectivity index (χ1n) is 6.79. The van der Waals surface area contributed by atoms with E-state index in [1.54, 1.807) is 0 Å². The third kappa shape index (κ3) is 3.05. The highest BCUT2D eigenvalue weighted by atomic mass is 16.5. The van der Waals surface area contributed by atoms with E-state index in [-0.39, 0.29) is 11.5 Å². The summed E-state index contributed by atoms with van der Waals surface area (Å²) in [6.45, 7) is 6.91. The molecule has 0 aliphatic rings. The summed E-state index contributed by atoms with van der Waals surface area (Å²) in [5, 5.41) is 4.06. The van der Waals surface area contributed by atoms with Gasteiger partial charge in [-0.25, -0.2) is 0 Å². The SMILES string of the molecule is CCOC(c1ccccc1)c1noc(C(C)(C)CN)n1. The van der Waals surface area contributed by atoms with Crippen LogP contribution in [0, 0.1) is 0 Å². The quantitative estimate of drug-likeness (QED) is 0.876. The van der Waals surface area contributed by atoms with Crippen LogP contribution in [0.2, 0.25) is 0 Å². The summed E-state index contributed by atoms with van der Waals surface area (Å²) < 4.78 is 11.1. The molecular weight excluding hydrogens is 254 g/mol. The maximum absolute atomic E-state index is 5.76. The van der Waals surface area contributed by atoms with E-state index in [1.165, 1.54) is 0 Å². The Balaban J connectivity index is 2.32. The molecule has 0 saturated carbocycles. The van der Waals surface area contributed by atoms with Crippen LogP contribution in [0.4, 0.5) is 0 Å². The van der Waals surface area contributed by atoms with Gasteiger partial charge in [-0.05, 0) is 26.3 Å². The van der Waals surface area contributed by atoms with Gasteiger partial charge in [-0.3, -0.25) is 0 Å². The van der Waals surface area contributed by atoms with Gasteiger partial charge in [0.2, 0.25) is 11.7 Å². The Morgan fingerprint density at radius 3 is 2.60 bits per heavy atom. The first kappa shape index (κ1) is 14.7. The lowest BCUT2D eigenvalue weighted by atomic mass is 9.94. The summed E-state index contributed by atoms with van der Waals surface area (Å²) in [5.41, 5.74) is 6.41. The lowest BCUT2D eigenvalue weighted by Gasteiger charge is -2.16. The molecule has 2 N–H and O–H groups in total. The van der Waals surface area contributed by atoms with Crippen molar-refractivity contribution in [1.29, 1.82) is 0 Å². The molecule has 0 saturated heterocycles. The van der Waals surface area contributed by atoms with Crippen LogP contribution in [-0.2, 0) is 10.2 Å². The Hall–Kier alpha value is -1.72. The molecule has 5 heteroatoms. The highest BCUT2D eigenvalue weighted by Crippen LogP contribution is 2.26. The zero-order chi connectivity index (χ0) is 14.6. The summed E-state index contributed by atoms with van der Waals surface area (Å²) in [5.74, 6) is 1.07. The zero-order valence-corrected chi connectivity index (χ0v) is 12.2. The minimum absolute atomic E-state index is 0.313. The van der Waals surface area contributed by atoms with E-state index in [1.807, 2.05) is 51.1 Å². The number of rotatable bonds is 6. The first-order valence-corrected chi connectivity index (χ1v) is 6.79. The largest absolute Gasteiger partial charge is 0.366 e. The van der Waals surface area contributed by atoms with Gasteiger partial charge in [0.05, 0.1) is 5.41 Å². The van der Waals surface area contributed by atoms with E-state index in [0.717, 1.165) is 5.56 Å². The van der Waals surface area contributed by atoms with Gasteiger partial charge in [0.15, 0.2) is 0 Å². The predicted octanol–water partition coefficient (Wildman–Crippen LogP) is 2.43. The minimum Gasteiger partial charge on any atom is -0.366 e. The van der Waals surface area contributed by atoms with Gasteiger partial charge >= 0.3 is 0 Å². The normalized spacial score (nSPS) is 13.4. The molecule has 2 rings (SSSR count). The molecule has 20 heavy (non-hydrogen) atoms. The van der Waals surface area contributed by atoms with Crippen LogP contribution >= 0.6 is 0 Å². The third-order valence-corrected chi connectivity index (χ3v) is 3.20. The highest BCUT2D eigenvalue weighted by molar-refractivity contribution is 5.23. The molecule has 0 fully saturated rings. The summed E-state index contributed by atoms with van der Waals surface area (Å²) in [6, 6.07) is 9.87. The number of ether oxygens (including phenoxy) is 1. The number of hydrogen-bond acceptors (Lipinski definition) is 5. The summed E-state index contributed by atoms with van der Waals surface area (Å²) in [6.07, 6.45) is -0.313. The lowest BCUT2D eigenvalue weighted by molar-refractivity contribution is 0.0833. The molecule has 108 valence electrons. The van der Waals surface area contributed by atoms with Crippen molar-refractivity contribution >= 4 is 0 Å². The fourth-order valence-corrected chi connectivity index (χ4v) is 1.82. The van der Waals surface area contributed by atoms with E-state index in [9.17, 15) is 0 Å².